The number of aliphatic imine (C=N–C) groups is 2. The number of phenolic OH excluding ortho intramolecular Hbond substituents is 1. The molecule has 13 rings (SSSR count). The number of alkyl halides is 9. The highest BCUT2D eigenvalue weighted by Gasteiger charge is 2.83. The molecule has 3 aliphatic heterocycles. The molecule has 0 radical (unpaired) electrons. The number of aromatic nitrogens is 2. The Morgan fingerprint density at radius 3 is 1.64 bits per heavy atom. The van der Waals surface area contributed by atoms with Gasteiger partial charge in [-0.25, -0.2) is 26.8 Å². The highest BCUT2D eigenvalue weighted by atomic mass is 32.3. The van der Waals surface area contributed by atoms with Gasteiger partial charge < -0.3 is 32.2 Å². The van der Waals surface area contributed by atoms with Crippen molar-refractivity contribution in [3.8, 4) is 63.4 Å². The summed E-state index contributed by atoms with van der Waals surface area (Å²) in [5.41, 5.74) is -5.43. The predicted octanol–water partition coefficient (Wildman–Crippen LogP) is 11.9. The number of aryl methyl sites for hydroxylation is 1. The Morgan fingerprint density at radius 2 is 1.11 bits per heavy atom. The Bertz CT molecular complexity index is 5590. The van der Waals surface area contributed by atoms with Crippen LogP contribution in [-0.4, -0.2) is 86.2 Å². The predicted molar refractivity (Wildman–Crippen MR) is 338 cm³/mol. The molecule has 10 aromatic rings. The average molecular weight is 1390 g/mol. The molecule has 0 bridgehead atoms. The minimum absolute atomic E-state index is 0.00655. The molecule has 0 atom stereocenters. The number of sulfonamides is 2. The number of benzene rings is 8. The maximum atomic E-state index is 15.7. The molecular weight excluding hydrogens is 1360 g/mol. The van der Waals surface area contributed by atoms with Gasteiger partial charge in [0.15, 0.2) is 5.75 Å². The van der Waals surface area contributed by atoms with E-state index in [2.05, 4.69) is 16.3 Å². The number of hydrogen-bond acceptors (Lipinski definition) is 17. The van der Waals surface area contributed by atoms with Gasteiger partial charge in [-0.05, 0) is 102 Å². The molecule has 3 aliphatic rings. The summed E-state index contributed by atoms with van der Waals surface area (Å²) in [5.74, 6) is -9.29. The van der Waals surface area contributed by atoms with Crippen LogP contribution in [0.2, 0.25) is 0 Å². The van der Waals surface area contributed by atoms with Crippen LogP contribution in [0.1, 0.15) is 5.56 Å². The number of fused-ring (bicyclic) bond motifs is 2. The Labute approximate surface area is 540 Å². The summed E-state index contributed by atoms with van der Waals surface area (Å²) in [4.78, 5) is 11.5. The molecule has 2 aromatic heterocycles. The standard InChI is InChI=1S/C61H34B2F9N7O11S5/c1-32-12-2-3-17-37(32)53-51-50(54(78(53)62-87-43-21-5-4-20-42(43)80)38(30-73)56-75-40-18-8-13-33-15-10-24-46(91-56)48(33)40)52(35-26-28-36(29-27-35)90-95(85,86)60(68,69)58(64,65)59(66,67)93(81,82)77-94(83,84)61(70,71)72)79(63-88-44-22-6-7-23-45(44)89-63)55(51)39(31-74)57-76-41-19-9-14-34-16-11-25-47(92-57)49(34)41/h2-29,62,77,80H,1H3/b54-38-,55-39-. The van der Waals surface area contributed by atoms with Gasteiger partial charge in [0.2, 0.25) is 0 Å². The van der Waals surface area contributed by atoms with Crippen LogP contribution in [-0.2, 0) is 30.2 Å². The highest BCUT2D eigenvalue weighted by Crippen LogP contribution is 2.52. The fourth-order valence-electron chi connectivity index (χ4n) is 11.0. The minimum atomic E-state index is -8.12. The van der Waals surface area contributed by atoms with Crippen LogP contribution in [0.5, 0.6) is 28.7 Å². The molecule has 0 aliphatic carbocycles. The number of nitrogens with one attached hydrogen (secondary N) is 1. The van der Waals surface area contributed by atoms with E-state index in [4.69, 9.17) is 23.9 Å². The first-order valence-corrected chi connectivity index (χ1v) is 33.4. The molecule has 95 heavy (non-hydrogen) atoms. The van der Waals surface area contributed by atoms with Crippen molar-refractivity contribution in [1.29, 1.82) is 10.5 Å². The first kappa shape index (κ1) is 63.9. The molecule has 2 N–H and O–H groups in total. The molecule has 5 heterocycles. The van der Waals surface area contributed by atoms with Crippen LogP contribution >= 0.6 is 23.5 Å². The number of aromatic hydroxyl groups is 1. The number of rotatable bonds is 16. The molecule has 18 nitrogen and oxygen atoms in total. The van der Waals surface area contributed by atoms with Crippen LogP contribution < -0.4 is 33.0 Å². The molecular formula is C61H34B2F9N7O11S5. The Hall–Kier alpha value is -9.83. The lowest BCUT2D eigenvalue weighted by atomic mass is 10.0. The molecule has 0 unspecified atom stereocenters. The van der Waals surface area contributed by atoms with Gasteiger partial charge in [0, 0.05) is 42.6 Å². The quantitative estimate of drug-likeness (QED) is 0.0518. The third kappa shape index (κ3) is 10.4. The third-order valence-corrected chi connectivity index (χ3v) is 22.0. The van der Waals surface area contributed by atoms with E-state index in [1.165, 1.54) is 16.6 Å². The molecule has 0 amide bonds. The number of para-hydroxylation sites is 4. The molecule has 478 valence electrons. The maximum absolute atomic E-state index is 15.7. The second-order valence-electron chi connectivity index (χ2n) is 21.0. The first-order valence-electron chi connectivity index (χ1n) is 27.3. The van der Waals surface area contributed by atoms with E-state index in [-0.39, 0.29) is 82.7 Å². The highest BCUT2D eigenvalue weighted by molar-refractivity contribution is 8.15. The zero-order valence-electron chi connectivity index (χ0n) is 47.6. The lowest BCUT2D eigenvalue weighted by Gasteiger charge is -2.31. The number of nitriles is 2. The minimum Gasteiger partial charge on any atom is -0.541 e. The Balaban J connectivity index is 1.14. The topological polar surface area (TPSA) is 254 Å². The van der Waals surface area contributed by atoms with Crippen LogP contribution in [0.15, 0.2) is 190 Å². The van der Waals surface area contributed by atoms with E-state index in [0.29, 0.717) is 44.4 Å². The lowest BCUT2D eigenvalue weighted by molar-refractivity contribution is -0.245. The summed E-state index contributed by atoms with van der Waals surface area (Å²) in [6, 6.07) is 48.6. The van der Waals surface area contributed by atoms with E-state index in [1.807, 2.05) is 36.4 Å². The molecule has 34 heteroatoms. The summed E-state index contributed by atoms with van der Waals surface area (Å²) in [6.45, 7) is 1.77. The van der Waals surface area contributed by atoms with Gasteiger partial charge in [0.25, 0.3) is 10.0 Å². The van der Waals surface area contributed by atoms with E-state index in [0.717, 1.165) is 57.2 Å². The fraction of sp³-hybridized carbons (Fsp3) is 0.0820. The molecule has 0 fully saturated rings. The van der Waals surface area contributed by atoms with Gasteiger partial charge in [-0.2, -0.15) is 58.5 Å². The smallest absolute Gasteiger partial charge is 0.541 e. The average Bonchev–Trinajstić information content (AvgIpc) is 1.56. The van der Waals surface area contributed by atoms with E-state index < -0.39 is 76.9 Å². The zero-order valence-corrected chi connectivity index (χ0v) is 51.7. The second-order valence-corrected chi connectivity index (χ2v) is 28.3. The maximum Gasteiger partial charge on any atom is 0.743 e. The molecule has 0 saturated heterocycles. The molecule has 0 saturated carbocycles. The first-order chi connectivity index (χ1) is 45.0. The SMILES string of the molecule is Cc1ccccc1-c1c2/c(=C(\C#N)C3=Nc4cccc5cccc(c45)S3)n(B3Oc4ccccc4O3)c(-c3ccc(OS(=O)(=O)C(F)(F)C(F)(F)C(F)(F)S(=O)(=O)NS(=O)(=O)C(F)(F)F)cc3)c2/c(=C(\C#N)C2=Nc3cccc4cccc(c34)S2)n1BOc1ccccc1O. The monoisotopic (exact) mass is 1390 g/mol. The van der Waals surface area contributed by atoms with Gasteiger partial charge in [0.1, 0.15) is 56.4 Å². The molecule has 8 aromatic carbocycles. The zero-order chi connectivity index (χ0) is 67.5. The summed E-state index contributed by atoms with van der Waals surface area (Å²) >= 11 is 2.21. The number of halogens is 9. The van der Waals surface area contributed by atoms with E-state index in [9.17, 15) is 54.1 Å². The van der Waals surface area contributed by atoms with Crippen LogP contribution in [0.3, 0.4) is 0 Å². The van der Waals surface area contributed by atoms with Crippen molar-refractivity contribution in [3.63, 3.8) is 0 Å². The van der Waals surface area contributed by atoms with E-state index in [1.54, 1.807) is 108 Å². The Morgan fingerprint density at radius 1 is 0.600 bits per heavy atom. The van der Waals surface area contributed by atoms with Crippen molar-refractivity contribution in [1.82, 2.24) is 13.1 Å². The van der Waals surface area contributed by atoms with Crippen molar-refractivity contribution in [2.24, 2.45) is 9.98 Å². The number of thioether (sulfide) groups is 2. The van der Waals surface area contributed by atoms with Crippen LogP contribution in [0, 0.1) is 29.6 Å². The van der Waals surface area contributed by atoms with Crippen molar-refractivity contribution in [2.45, 2.75) is 38.7 Å². The number of phenols is 1. The Kier molecular flexibility index (Phi) is 15.5. The van der Waals surface area contributed by atoms with Crippen LogP contribution in [0.25, 0.3) is 66.0 Å². The summed E-state index contributed by atoms with van der Waals surface area (Å²) < 4.78 is 232. The number of hydrogen-bond donors (Lipinski definition) is 2. The van der Waals surface area contributed by atoms with Crippen molar-refractivity contribution in [3.05, 3.63) is 186 Å². The third-order valence-electron chi connectivity index (χ3n) is 15.3. The summed E-state index contributed by atoms with van der Waals surface area (Å²) in [7, 11) is -25.6. The van der Waals surface area contributed by atoms with Gasteiger partial charge in [0.05, 0.1) is 27.8 Å². The van der Waals surface area contributed by atoms with Crippen molar-refractivity contribution >= 4 is 133 Å². The van der Waals surface area contributed by atoms with E-state index >= 15 is 26.3 Å². The number of nitrogens with zero attached hydrogens (tertiary/aromatic N) is 6. The fourth-order valence-corrected chi connectivity index (χ4v) is 16.5. The van der Waals surface area contributed by atoms with Crippen LogP contribution in [0.4, 0.5) is 50.9 Å². The second kappa shape index (κ2) is 23.0. The summed E-state index contributed by atoms with van der Waals surface area (Å²) in [6.07, 6.45) is 0. The van der Waals surface area contributed by atoms with Gasteiger partial charge in [-0.1, -0.05) is 125 Å². The van der Waals surface area contributed by atoms with Gasteiger partial charge >= 0.3 is 57.0 Å². The van der Waals surface area contributed by atoms with Crippen molar-refractivity contribution in [2.75, 3.05) is 0 Å². The molecule has 0 spiro atoms. The van der Waals surface area contributed by atoms with Gasteiger partial charge in [-0.3, -0.25) is 0 Å². The lowest BCUT2D eigenvalue weighted by Crippen LogP contribution is -2.64. The normalized spacial score (nSPS) is 14.8. The summed E-state index contributed by atoms with van der Waals surface area (Å²) in [5, 5.41) is 23.4. The van der Waals surface area contributed by atoms with Gasteiger partial charge in [-0.15, -0.1) is 0 Å². The van der Waals surface area contributed by atoms with Crippen molar-refractivity contribution < 1.29 is 88.0 Å². The largest absolute Gasteiger partial charge is 0.743 e.